The molecule has 0 spiro atoms. The van der Waals surface area contributed by atoms with Crippen molar-refractivity contribution in [2.45, 2.75) is 32.7 Å². The van der Waals surface area contributed by atoms with E-state index in [-0.39, 0.29) is 5.78 Å². The van der Waals surface area contributed by atoms with Crippen LogP contribution in [0, 0.1) is 0 Å². The highest BCUT2D eigenvalue weighted by Gasteiger charge is 2.09. The van der Waals surface area contributed by atoms with Crippen LogP contribution in [-0.4, -0.2) is 33.4 Å². The Morgan fingerprint density at radius 3 is 2.87 bits per heavy atom. The second kappa shape index (κ2) is 5.60. The molecule has 0 radical (unpaired) electrons. The zero-order valence-corrected chi connectivity index (χ0v) is 9.53. The van der Waals surface area contributed by atoms with E-state index in [9.17, 15) is 4.79 Å². The highest BCUT2D eigenvalue weighted by atomic mass is 16.1. The van der Waals surface area contributed by atoms with Gasteiger partial charge in [0.2, 0.25) is 0 Å². The first-order chi connectivity index (χ1) is 7.09. The van der Waals surface area contributed by atoms with Gasteiger partial charge in [-0.15, -0.1) is 5.10 Å². The fraction of sp³-hybridized carbons (Fsp3) is 0.700. The predicted molar refractivity (Wildman–Crippen MR) is 57.7 cm³/mol. The molecule has 0 unspecified atom stereocenters. The topological polar surface area (TPSA) is 59.8 Å². The van der Waals surface area contributed by atoms with Crippen LogP contribution >= 0.6 is 0 Å². The molecule has 1 heterocycles. The van der Waals surface area contributed by atoms with Crippen molar-refractivity contribution < 1.29 is 4.79 Å². The van der Waals surface area contributed by atoms with Crippen LogP contribution in [-0.2, 0) is 7.05 Å². The van der Waals surface area contributed by atoms with Gasteiger partial charge in [-0.05, 0) is 13.0 Å². The molecular weight excluding hydrogens is 192 g/mol. The number of ketones is 1. The molecule has 0 aromatic carbocycles. The lowest BCUT2D eigenvalue weighted by Crippen LogP contribution is -2.24. The summed E-state index contributed by atoms with van der Waals surface area (Å²) >= 11 is 0. The van der Waals surface area contributed by atoms with Gasteiger partial charge in [0.05, 0.1) is 6.20 Å². The lowest BCUT2D eigenvalue weighted by molar-refractivity contribution is 0.0975. The summed E-state index contributed by atoms with van der Waals surface area (Å²) in [6.07, 6.45) is 3.02. The van der Waals surface area contributed by atoms with E-state index in [1.165, 1.54) is 0 Å². The second-order valence-electron chi connectivity index (χ2n) is 3.91. The van der Waals surface area contributed by atoms with Crippen molar-refractivity contribution in [3.05, 3.63) is 11.9 Å². The maximum absolute atomic E-state index is 11.6. The van der Waals surface area contributed by atoms with E-state index in [4.69, 9.17) is 0 Å². The molecule has 0 aliphatic heterocycles. The highest BCUT2D eigenvalue weighted by Crippen LogP contribution is 2.00. The molecule has 0 saturated heterocycles. The van der Waals surface area contributed by atoms with Crippen molar-refractivity contribution in [1.29, 1.82) is 0 Å². The number of rotatable bonds is 6. The van der Waals surface area contributed by atoms with E-state index >= 15 is 0 Å². The molecule has 15 heavy (non-hydrogen) atoms. The number of Topliss-reactive ketones (excluding diaryl/α,β-unsaturated/α-hetero) is 1. The first kappa shape index (κ1) is 11.8. The molecular formula is C10H18N4O. The van der Waals surface area contributed by atoms with Crippen LogP contribution in [0.4, 0.5) is 0 Å². The summed E-state index contributed by atoms with van der Waals surface area (Å²) in [5.74, 6) is 0.0636. The Kier molecular flexibility index (Phi) is 4.42. The lowest BCUT2D eigenvalue weighted by Gasteiger charge is -2.06. The zero-order chi connectivity index (χ0) is 11.3. The van der Waals surface area contributed by atoms with Crippen LogP contribution in [0.25, 0.3) is 0 Å². The maximum Gasteiger partial charge on any atom is 0.184 e. The molecule has 5 nitrogen and oxygen atoms in total. The number of carbonyl (C=O) groups excluding carboxylic acids is 1. The molecule has 84 valence electrons. The summed E-state index contributed by atoms with van der Waals surface area (Å²) in [7, 11) is 1.75. The molecule has 1 aromatic heterocycles. The van der Waals surface area contributed by atoms with E-state index in [0.717, 1.165) is 13.0 Å². The van der Waals surface area contributed by atoms with Crippen molar-refractivity contribution in [1.82, 2.24) is 20.3 Å². The monoisotopic (exact) mass is 210 g/mol. The Bertz CT molecular complexity index is 319. The van der Waals surface area contributed by atoms with Crippen molar-refractivity contribution in [2.24, 2.45) is 7.05 Å². The molecule has 5 heteroatoms. The molecule has 0 fully saturated rings. The average Bonchev–Trinajstić information content (AvgIpc) is 2.59. The van der Waals surface area contributed by atoms with Crippen LogP contribution < -0.4 is 5.32 Å². The van der Waals surface area contributed by atoms with Gasteiger partial charge in [0.15, 0.2) is 5.78 Å². The molecule has 0 bridgehead atoms. The molecule has 1 N–H and O–H groups in total. The number of hydrogen-bond donors (Lipinski definition) is 1. The Hall–Kier alpha value is -1.23. The summed E-state index contributed by atoms with van der Waals surface area (Å²) in [6, 6.07) is 0.469. The first-order valence-electron chi connectivity index (χ1n) is 5.22. The highest BCUT2D eigenvalue weighted by molar-refractivity contribution is 5.93. The van der Waals surface area contributed by atoms with Crippen LogP contribution in [0.1, 0.15) is 37.2 Å². The molecule has 1 rings (SSSR count). The Labute approximate surface area is 89.9 Å². The molecule has 0 amide bonds. The summed E-state index contributed by atoms with van der Waals surface area (Å²) in [4.78, 5) is 11.6. The molecule has 0 atom stereocenters. The van der Waals surface area contributed by atoms with Crippen molar-refractivity contribution in [3.8, 4) is 0 Å². The van der Waals surface area contributed by atoms with Gasteiger partial charge in [0.1, 0.15) is 5.69 Å². The normalized spacial score (nSPS) is 10.9. The van der Waals surface area contributed by atoms with Crippen molar-refractivity contribution in [3.63, 3.8) is 0 Å². The van der Waals surface area contributed by atoms with Gasteiger partial charge in [-0.2, -0.15) is 0 Å². The first-order valence-corrected chi connectivity index (χ1v) is 5.22. The largest absolute Gasteiger partial charge is 0.315 e. The van der Waals surface area contributed by atoms with E-state index in [2.05, 4.69) is 29.5 Å². The minimum atomic E-state index is 0.0636. The quantitative estimate of drug-likeness (QED) is 0.556. The van der Waals surface area contributed by atoms with Gasteiger partial charge >= 0.3 is 0 Å². The van der Waals surface area contributed by atoms with E-state index in [0.29, 0.717) is 18.2 Å². The van der Waals surface area contributed by atoms with E-state index in [1.807, 2.05) is 0 Å². The van der Waals surface area contributed by atoms with E-state index in [1.54, 1.807) is 17.9 Å². The molecule has 0 aliphatic carbocycles. The van der Waals surface area contributed by atoms with Crippen LogP contribution in [0.2, 0.25) is 0 Å². The SMILES string of the molecule is CC(C)NCCCC(=O)c1cn(C)nn1. The molecule has 1 aromatic rings. The number of aromatic nitrogens is 3. The molecule has 0 saturated carbocycles. The van der Waals surface area contributed by atoms with Crippen LogP contribution in [0.5, 0.6) is 0 Å². The Balaban J connectivity index is 2.25. The zero-order valence-electron chi connectivity index (χ0n) is 9.53. The van der Waals surface area contributed by atoms with Gasteiger partial charge < -0.3 is 5.32 Å². The van der Waals surface area contributed by atoms with Gasteiger partial charge in [-0.3, -0.25) is 9.48 Å². The number of nitrogens with zero attached hydrogens (tertiary/aromatic N) is 3. The van der Waals surface area contributed by atoms with Crippen LogP contribution in [0.3, 0.4) is 0 Å². The van der Waals surface area contributed by atoms with Gasteiger partial charge in [0, 0.05) is 19.5 Å². The average molecular weight is 210 g/mol. The second-order valence-corrected chi connectivity index (χ2v) is 3.91. The predicted octanol–water partition coefficient (Wildman–Crippen LogP) is 0.776. The fourth-order valence-electron chi connectivity index (χ4n) is 1.24. The summed E-state index contributed by atoms with van der Waals surface area (Å²) in [6.45, 7) is 5.04. The van der Waals surface area contributed by atoms with Gasteiger partial charge in [-0.1, -0.05) is 19.1 Å². The molecule has 0 aliphatic rings. The van der Waals surface area contributed by atoms with Gasteiger partial charge in [-0.25, -0.2) is 0 Å². The van der Waals surface area contributed by atoms with E-state index < -0.39 is 0 Å². The number of nitrogens with one attached hydrogen (secondary N) is 1. The third kappa shape index (κ3) is 4.20. The van der Waals surface area contributed by atoms with Gasteiger partial charge in [0.25, 0.3) is 0 Å². The van der Waals surface area contributed by atoms with Crippen LogP contribution in [0.15, 0.2) is 6.20 Å². The smallest absolute Gasteiger partial charge is 0.184 e. The maximum atomic E-state index is 11.6. The summed E-state index contributed by atoms with van der Waals surface area (Å²) in [5, 5.41) is 10.8. The number of aryl methyl sites for hydroxylation is 1. The minimum Gasteiger partial charge on any atom is -0.315 e. The Morgan fingerprint density at radius 1 is 1.60 bits per heavy atom. The number of hydrogen-bond acceptors (Lipinski definition) is 4. The third-order valence-corrected chi connectivity index (χ3v) is 2.02. The van der Waals surface area contributed by atoms with Crippen molar-refractivity contribution >= 4 is 5.78 Å². The fourth-order valence-corrected chi connectivity index (χ4v) is 1.24. The lowest BCUT2D eigenvalue weighted by atomic mass is 10.2. The standard InChI is InChI=1S/C10H18N4O/c1-8(2)11-6-4-5-10(15)9-7-14(3)13-12-9/h7-8,11H,4-6H2,1-3H3. The Morgan fingerprint density at radius 2 is 2.33 bits per heavy atom. The summed E-state index contributed by atoms with van der Waals surface area (Å²) < 4.78 is 1.54. The summed E-state index contributed by atoms with van der Waals surface area (Å²) in [5.41, 5.74) is 0.460. The third-order valence-electron chi connectivity index (χ3n) is 2.02. The number of carbonyl (C=O) groups is 1. The minimum absolute atomic E-state index is 0.0636. The van der Waals surface area contributed by atoms with Crippen molar-refractivity contribution in [2.75, 3.05) is 6.54 Å².